The molecule has 0 aliphatic carbocycles. The van der Waals surface area contributed by atoms with Crippen LogP contribution in [0.1, 0.15) is 22.3 Å². The van der Waals surface area contributed by atoms with Gasteiger partial charge < -0.3 is 23.7 Å². The Kier molecular flexibility index (Phi) is 12.0. The van der Waals surface area contributed by atoms with Gasteiger partial charge in [-0.15, -0.1) is 22.7 Å². The molecule has 0 amide bonds. The van der Waals surface area contributed by atoms with Gasteiger partial charge in [-0.1, -0.05) is 97.1 Å². The van der Waals surface area contributed by atoms with E-state index in [1.807, 2.05) is 84.9 Å². The van der Waals surface area contributed by atoms with Crippen molar-refractivity contribution in [3.63, 3.8) is 0 Å². The molecule has 8 rings (SSSR count). The third-order valence-electron chi connectivity index (χ3n) is 9.20. The van der Waals surface area contributed by atoms with Crippen LogP contribution >= 0.6 is 22.7 Å². The highest BCUT2D eigenvalue weighted by Crippen LogP contribution is 2.34. The summed E-state index contributed by atoms with van der Waals surface area (Å²) in [7, 11) is 3.36. The van der Waals surface area contributed by atoms with E-state index in [0.717, 1.165) is 86.8 Å². The van der Waals surface area contributed by atoms with Crippen LogP contribution in [-0.2, 0) is 4.74 Å². The van der Waals surface area contributed by atoms with Gasteiger partial charge in [0.05, 0.1) is 47.9 Å². The molecule has 6 aromatic carbocycles. The molecule has 57 heavy (non-hydrogen) atoms. The summed E-state index contributed by atoms with van der Waals surface area (Å²) in [6, 6.07) is 45.0. The largest absolute Gasteiger partial charge is 0.497 e. The zero-order valence-electron chi connectivity index (χ0n) is 31.6. The van der Waals surface area contributed by atoms with Gasteiger partial charge in [0, 0.05) is 11.1 Å². The number of benzene rings is 6. The second-order valence-electron chi connectivity index (χ2n) is 13.1. The standard InChI is InChI=1S/C48H40N2O5S2/c1-51-41-23-25-43-45(31-41)56-47(49-43)37-15-7-33(8-16-37)3-5-35-11-19-39(20-12-35)54-29-27-53-28-30-55-40-21-13-36(14-22-40)6-4-34-9-17-38(18-10-34)48-50-44-26-24-42(52-2)32-46(44)57-48/h3-26,31-32H,27-30H2,1-2H3/b5-3+,6-4+. The molecular formula is C48H40N2O5S2. The number of methoxy groups -OCH3 is 2. The maximum Gasteiger partial charge on any atom is 0.124 e. The highest BCUT2D eigenvalue weighted by molar-refractivity contribution is 7.22. The van der Waals surface area contributed by atoms with Crippen LogP contribution in [0.2, 0.25) is 0 Å². The van der Waals surface area contributed by atoms with Gasteiger partial charge in [-0.25, -0.2) is 9.97 Å². The Morgan fingerprint density at radius 2 is 0.772 bits per heavy atom. The Bertz CT molecular complexity index is 2430. The first-order valence-electron chi connectivity index (χ1n) is 18.6. The van der Waals surface area contributed by atoms with Gasteiger partial charge in [-0.2, -0.15) is 0 Å². The van der Waals surface area contributed by atoms with Crippen molar-refractivity contribution in [3.8, 4) is 44.1 Å². The van der Waals surface area contributed by atoms with E-state index >= 15 is 0 Å². The lowest BCUT2D eigenvalue weighted by atomic mass is 10.1. The lowest BCUT2D eigenvalue weighted by Gasteiger charge is -2.09. The maximum atomic E-state index is 5.88. The van der Waals surface area contributed by atoms with Crippen molar-refractivity contribution >= 4 is 67.4 Å². The van der Waals surface area contributed by atoms with Crippen molar-refractivity contribution in [3.05, 3.63) is 156 Å². The molecule has 0 saturated carbocycles. The van der Waals surface area contributed by atoms with Gasteiger partial charge >= 0.3 is 0 Å². The molecule has 2 aromatic heterocycles. The van der Waals surface area contributed by atoms with Crippen LogP contribution in [0.4, 0.5) is 0 Å². The molecule has 0 bridgehead atoms. The van der Waals surface area contributed by atoms with E-state index in [4.69, 9.17) is 33.7 Å². The molecule has 0 aliphatic rings. The quantitative estimate of drug-likeness (QED) is 0.0713. The molecule has 8 aromatic rings. The lowest BCUT2D eigenvalue weighted by Crippen LogP contribution is -2.12. The Hall–Kier alpha value is -6.26. The minimum absolute atomic E-state index is 0.463. The highest BCUT2D eigenvalue weighted by Gasteiger charge is 2.09. The SMILES string of the molecule is COc1ccc2nc(-c3ccc(/C=C/c4ccc(OCCOCCOc5ccc(/C=C/c6ccc(-c7nc8ccc(OC)cc8s7)cc6)cc5)cc4)cc3)sc2c1. The monoisotopic (exact) mass is 788 g/mol. The molecule has 0 atom stereocenters. The minimum Gasteiger partial charge on any atom is -0.497 e. The van der Waals surface area contributed by atoms with Crippen LogP contribution in [0.15, 0.2) is 133 Å². The minimum atomic E-state index is 0.463. The van der Waals surface area contributed by atoms with Crippen molar-refractivity contribution in [1.82, 2.24) is 9.97 Å². The van der Waals surface area contributed by atoms with Crippen molar-refractivity contribution < 1.29 is 23.7 Å². The molecule has 7 nitrogen and oxygen atoms in total. The Morgan fingerprint density at radius 1 is 0.421 bits per heavy atom. The summed E-state index contributed by atoms with van der Waals surface area (Å²) in [6.45, 7) is 1.88. The summed E-state index contributed by atoms with van der Waals surface area (Å²) < 4.78 is 30.4. The van der Waals surface area contributed by atoms with Gasteiger partial charge in [-0.3, -0.25) is 0 Å². The number of thiazole rings is 2. The summed E-state index contributed by atoms with van der Waals surface area (Å²) in [4.78, 5) is 9.57. The molecular weight excluding hydrogens is 749 g/mol. The number of rotatable bonds is 16. The van der Waals surface area contributed by atoms with Gasteiger partial charge in [-0.05, 0) is 82.9 Å². The molecule has 9 heteroatoms. The Labute approximate surface area is 340 Å². The van der Waals surface area contributed by atoms with E-state index in [9.17, 15) is 0 Å². The van der Waals surface area contributed by atoms with Gasteiger partial charge in [0.1, 0.15) is 46.2 Å². The van der Waals surface area contributed by atoms with E-state index in [2.05, 4.69) is 72.8 Å². The number of nitrogens with zero attached hydrogens (tertiary/aromatic N) is 2. The summed E-state index contributed by atoms with van der Waals surface area (Å²) in [5.74, 6) is 3.30. The molecule has 0 fully saturated rings. The van der Waals surface area contributed by atoms with E-state index in [1.165, 1.54) is 0 Å². The number of hydrogen-bond acceptors (Lipinski definition) is 9. The predicted molar refractivity (Wildman–Crippen MR) is 236 cm³/mol. The summed E-state index contributed by atoms with van der Waals surface area (Å²) in [5.41, 5.74) is 8.60. The topological polar surface area (TPSA) is 71.9 Å². The smallest absolute Gasteiger partial charge is 0.124 e. The van der Waals surface area contributed by atoms with E-state index in [0.29, 0.717) is 26.4 Å². The highest BCUT2D eigenvalue weighted by atomic mass is 32.1. The van der Waals surface area contributed by atoms with Crippen LogP contribution in [-0.4, -0.2) is 50.6 Å². The molecule has 0 aliphatic heterocycles. The Balaban J connectivity index is 0.717. The molecule has 0 N–H and O–H groups in total. The zero-order valence-corrected chi connectivity index (χ0v) is 33.2. The normalized spacial score (nSPS) is 11.5. The summed E-state index contributed by atoms with van der Waals surface area (Å²) in [5, 5.41) is 2.00. The molecule has 0 spiro atoms. The van der Waals surface area contributed by atoms with Crippen LogP contribution in [0, 0.1) is 0 Å². The average molecular weight is 789 g/mol. The lowest BCUT2D eigenvalue weighted by molar-refractivity contribution is 0.0764. The first-order valence-corrected chi connectivity index (χ1v) is 20.2. The first kappa shape index (κ1) is 37.7. The van der Waals surface area contributed by atoms with E-state index in [1.54, 1.807) is 36.9 Å². The number of aromatic nitrogens is 2. The number of hydrogen-bond donors (Lipinski definition) is 0. The van der Waals surface area contributed by atoms with Crippen molar-refractivity contribution in [2.75, 3.05) is 40.6 Å². The summed E-state index contributed by atoms with van der Waals surface area (Å²) >= 11 is 3.34. The zero-order chi connectivity index (χ0) is 38.8. The van der Waals surface area contributed by atoms with Crippen LogP contribution < -0.4 is 18.9 Å². The second-order valence-corrected chi connectivity index (χ2v) is 15.1. The van der Waals surface area contributed by atoms with Crippen LogP contribution in [0.3, 0.4) is 0 Å². The predicted octanol–water partition coefficient (Wildman–Crippen LogP) is 12.1. The summed E-state index contributed by atoms with van der Waals surface area (Å²) in [6.07, 6.45) is 8.41. The molecule has 2 heterocycles. The fourth-order valence-corrected chi connectivity index (χ4v) is 8.06. The van der Waals surface area contributed by atoms with Crippen LogP contribution in [0.5, 0.6) is 23.0 Å². The molecule has 0 radical (unpaired) electrons. The Morgan fingerprint density at radius 3 is 1.14 bits per heavy atom. The van der Waals surface area contributed by atoms with Crippen molar-refractivity contribution in [2.45, 2.75) is 0 Å². The average Bonchev–Trinajstić information content (AvgIpc) is 3.90. The molecule has 0 saturated heterocycles. The third-order valence-corrected chi connectivity index (χ3v) is 11.3. The van der Waals surface area contributed by atoms with Crippen molar-refractivity contribution in [2.24, 2.45) is 0 Å². The maximum absolute atomic E-state index is 5.88. The first-order chi connectivity index (χ1) is 28.1. The van der Waals surface area contributed by atoms with Crippen molar-refractivity contribution in [1.29, 1.82) is 0 Å². The molecule has 0 unspecified atom stereocenters. The second kappa shape index (κ2) is 18.1. The molecule has 284 valence electrons. The van der Waals surface area contributed by atoms with Gasteiger partial charge in [0.2, 0.25) is 0 Å². The number of ether oxygens (including phenoxy) is 5. The van der Waals surface area contributed by atoms with E-state index < -0.39 is 0 Å². The van der Waals surface area contributed by atoms with Crippen LogP contribution in [0.25, 0.3) is 65.9 Å². The number of fused-ring (bicyclic) bond motifs is 2. The fraction of sp³-hybridized carbons (Fsp3) is 0.125. The van der Waals surface area contributed by atoms with E-state index in [-0.39, 0.29) is 0 Å². The van der Waals surface area contributed by atoms with Gasteiger partial charge in [0.25, 0.3) is 0 Å². The third kappa shape index (κ3) is 9.77. The fourth-order valence-electron chi connectivity index (χ4n) is 6.06. The van der Waals surface area contributed by atoms with Gasteiger partial charge in [0.15, 0.2) is 0 Å².